The number of aromatic nitrogens is 1. The summed E-state index contributed by atoms with van der Waals surface area (Å²) in [7, 11) is 0. The van der Waals surface area contributed by atoms with E-state index in [4.69, 9.17) is 10.5 Å². The summed E-state index contributed by atoms with van der Waals surface area (Å²) in [5, 5.41) is 17.9. The third-order valence-corrected chi connectivity index (χ3v) is 2.53. The molecule has 1 heterocycles. The average molecular weight is 271 g/mol. The van der Waals surface area contributed by atoms with Crippen molar-refractivity contribution < 1.29 is 17.6 Å². The highest BCUT2D eigenvalue weighted by atomic mass is 19.4. The molecule has 0 spiro atoms. The summed E-state index contributed by atoms with van der Waals surface area (Å²) in [6, 6.07) is 4.23. The number of halogens is 4. The summed E-state index contributed by atoms with van der Waals surface area (Å²) in [5.74, 6) is -0.668. The maximum absolute atomic E-state index is 12.9. The fourth-order valence-corrected chi connectivity index (χ4v) is 1.56. The van der Waals surface area contributed by atoms with Gasteiger partial charge in [-0.05, 0) is 18.1 Å². The molecule has 0 atom stereocenters. The highest BCUT2D eigenvalue weighted by molar-refractivity contribution is 5.22. The Balaban J connectivity index is 2.89. The third kappa shape index (κ3) is 4.55. The van der Waals surface area contributed by atoms with E-state index < -0.39 is 30.3 Å². The lowest BCUT2D eigenvalue weighted by Gasteiger charge is -2.19. The van der Waals surface area contributed by atoms with Crippen LogP contribution in [0.3, 0.4) is 0 Å². The predicted octanol–water partition coefficient (Wildman–Crippen LogP) is 3.14. The lowest BCUT2D eigenvalue weighted by Crippen LogP contribution is -2.23. The van der Waals surface area contributed by atoms with Crippen LogP contribution in [0.25, 0.3) is 0 Å². The van der Waals surface area contributed by atoms with E-state index in [0.717, 1.165) is 12.3 Å². The van der Waals surface area contributed by atoms with Gasteiger partial charge in [0.15, 0.2) is 0 Å². The van der Waals surface area contributed by atoms with Gasteiger partial charge in [-0.2, -0.15) is 23.7 Å². The van der Waals surface area contributed by atoms with E-state index in [1.807, 2.05) is 0 Å². The summed E-state index contributed by atoms with van der Waals surface area (Å²) < 4.78 is 49.4. The topological polar surface area (TPSA) is 60.5 Å². The Morgan fingerprint density at radius 2 is 1.74 bits per heavy atom. The van der Waals surface area contributed by atoms with Crippen LogP contribution in [0.15, 0.2) is 18.5 Å². The monoisotopic (exact) mass is 271 g/mol. The molecule has 0 fully saturated rings. The Kier molecular flexibility index (Phi) is 4.44. The zero-order valence-corrected chi connectivity index (χ0v) is 9.71. The number of nitrogens with zero attached hydrogens (tertiary/aromatic N) is 3. The maximum atomic E-state index is 12.9. The molecule has 19 heavy (non-hydrogen) atoms. The number of alkyl halides is 3. The lowest BCUT2D eigenvalue weighted by molar-refractivity contribution is -0.138. The van der Waals surface area contributed by atoms with Gasteiger partial charge in [-0.25, -0.2) is 4.39 Å². The van der Waals surface area contributed by atoms with Crippen LogP contribution in [-0.4, -0.2) is 11.2 Å². The summed E-state index contributed by atoms with van der Waals surface area (Å²) >= 11 is 0. The second-order valence-corrected chi connectivity index (χ2v) is 4.11. The Morgan fingerprint density at radius 1 is 1.11 bits per heavy atom. The van der Waals surface area contributed by atoms with Crippen LogP contribution in [0, 0.1) is 33.9 Å². The first-order chi connectivity index (χ1) is 8.80. The molecule has 1 aromatic heterocycles. The van der Waals surface area contributed by atoms with Crippen molar-refractivity contribution in [3.63, 3.8) is 0 Å². The van der Waals surface area contributed by atoms with Gasteiger partial charge in [0.2, 0.25) is 0 Å². The summed E-state index contributed by atoms with van der Waals surface area (Å²) in [6.45, 7) is 0. The van der Waals surface area contributed by atoms with Gasteiger partial charge in [0, 0.05) is 19.0 Å². The van der Waals surface area contributed by atoms with Gasteiger partial charge < -0.3 is 0 Å². The zero-order valence-electron chi connectivity index (χ0n) is 9.71. The fourth-order valence-electron chi connectivity index (χ4n) is 1.56. The van der Waals surface area contributed by atoms with E-state index in [2.05, 4.69) is 4.98 Å². The van der Waals surface area contributed by atoms with Gasteiger partial charge >= 0.3 is 6.18 Å². The van der Waals surface area contributed by atoms with Crippen LogP contribution in [0.1, 0.15) is 18.4 Å². The molecule has 1 rings (SSSR count). The quantitative estimate of drug-likeness (QED) is 0.790. The van der Waals surface area contributed by atoms with E-state index in [9.17, 15) is 17.6 Å². The normalized spacial score (nSPS) is 11.7. The van der Waals surface area contributed by atoms with E-state index in [1.54, 1.807) is 12.1 Å². The molecule has 100 valence electrons. The molecule has 0 radical (unpaired) electrons. The van der Waals surface area contributed by atoms with E-state index in [0.29, 0.717) is 0 Å². The molecule has 7 heteroatoms. The standard InChI is InChI=1S/C12H9F4N3/c13-10-3-9(5-19-6-10)4-11(7-17,8-18)1-2-12(14,15)16/h3,5-6H,1-2,4H2. The van der Waals surface area contributed by atoms with Gasteiger partial charge in [-0.3, -0.25) is 4.98 Å². The van der Waals surface area contributed by atoms with Crippen molar-refractivity contribution in [3.8, 4) is 12.1 Å². The molecular formula is C12H9F4N3. The number of rotatable bonds is 4. The van der Waals surface area contributed by atoms with Gasteiger partial charge in [0.1, 0.15) is 11.2 Å². The molecule has 0 unspecified atom stereocenters. The molecule has 0 bridgehead atoms. The molecule has 0 amide bonds. The maximum Gasteiger partial charge on any atom is 0.389 e. The zero-order chi connectivity index (χ0) is 14.5. The van der Waals surface area contributed by atoms with Crippen LogP contribution in [0.2, 0.25) is 0 Å². The number of pyridine rings is 1. The van der Waals surface area contributed by atoms with Crippen molar-refractivity contribution in [1.82, 2.24) is 4.98 Å². The van der Waals surface area contributed by atoms with Crippen LogP contribution in [0.4, 0.5) is 17.6 Å². The van der Waals surface area contributed by atoms with Crippen molar-refractivity contribution >= 4 is 0 Å². The first-order valence-corrected chi connectivity index (χ1v) is 5.29. The van der Waals surface area contributed by atoms with Crippen LogP contribution < -0.4 is 0 Å². The smallest absolute Gasteiger partial charge is 0.261 e. The van der Waals surface area contributed by atoms with Gasteiger partial charge in [-0.1, -0.05) is 0 Å². The summed E-state index contributed by atoms with van der Waals surface area (Å²) in [5.41, 5.74) is -1.62. The molecule has 0 aliphatic heterocycles. The molecule has 1 aromatic rings. The van der Waals surface area contributed by atoms with Crippen molar-refractivity contribution in [2.45, 2.75) is 25.4 Å². The van der Waals surface area contributed by atoms with Crippen molar-refractivity contribution in [3.05, 3.63) is 29.8 Å². The first-order valence-electron chi connectivity index (χ1n) is 5.29. The second kappa shape index (κ2) is 5.66. The summed E-state index contributed by atoms with van der Waals surface area (Å²) in [4.78, 5) is 3.53. The highest BCUT2D eigenvalue weighted by Crippen LogP contribution is 2.33. The third-order valence-electron chi connectivity index (χ3n) is 2.53. The lowest BCUT2D eigenvalue weighted by atomic mass is 9.80. The Morgan fingerprint density at radius 3 is 2.21 bits per heavy atom. The Hall–Kier alpha value is -2.15. The Bertz CT molecular complexity index is 511. The van der Waals surface area contributed by atoms with Crippen molar-refractivity contribution in [2.75, 3.05) is 0 Å². The Labute approximate surface area is 107 Å². The minimum absolute atomic E-state index is 0.213. The molecular weight excluding hydrogens is 262 g/mol. The summed E-state index contributed by atoms with van der Waals surface area (Å²) in [6.07, 6.45) is -4.48. The molecule has 0 saturated carbocycles. The molecule has 0 N–H and O–H groups in total. The van der Waals surface area contributed by atoms with Gasteiger partial charge in [0.25, 0.3) is 0 Å². The minimum atomic E-state index is -4.45. The fraction of sp³-hybridized carbons (Fsp3) is 0.417. The van der Waals surface area contributed by atoms with E-state index in [-0.39, 0.29) is 12.0 Å². The van der Waals surface area contributed by atoms with Gasteiger partial charge in [0.05, 0.1) is 18.3 Å². The van der Waals surface area contributed by atoms with Crippen molar-refractivity contribution in [2.24, 2.45) is 5.41 Å². The van der Waals surface area contributed by atoms with E-state index >= 15 is 0 Å². The van der Waals surface area contributed by atoms with Gasteiger partial charge in [-0.15, -0.1) is 0 Å². The number of nitriles is 2. The SMILES string of the molecule is N#CC(C#N)(CCC(F)(F)F)Cc1cncc(F)c1. The molecule has 3 nitrogen and oxygen atoms in total. The first kappa shape index (κ1) is 14.9. The molecule has 0 aromatic carbocycles. The number of hydrogen-bond acceptors (Lipinski definition) is 3. The molecule has 0 aliphatic carbocycles. The predicted molar refractivity (Wildman–Crippen MR) is 56.8 cm³/mol. The van der Waals surface area contributed by atoms with Crippen LogP contribution in [-0.2, 0) is 6.42 Å². The van der Waals surface area contributed by atoms with E-state index in [1.165, 1.54) is 6.20 Å². The van der Waals surface area contributed by atoms with Crippen molar-refractivity contribution in [1.29, 1.82) is 10.5 Å². The molecule has 0 aliphatic rings. The number of hydrogen-bond donors (Lipinski definition) is 0. The second-order valence-electron chi connectivity index (χ2n) is 4.11. The van der Waals surface area contributed by atoms with Crippen LogP contribution >= 0.6 is 0 Å². The average Bonchev–Trinajstić information content (AvgIpc) is 2.34. The molecule has 0 saturated heterocycles. The largest absolute Gasteiger partial charge is 0.389 e. The highest BCUT2D eigenvalue weighted by Gasteiger charge is 2.37. The minimum Gasteiger partial charge on any atom is -0.261 e. The van der Waals surface area contributed by atoms with Crippen LogP contribution in [0.5, 0.6) is 0 Å².